The van der Waals surface area contributed by atoms with Crippen molar-refractivity contribution < 1.29 is 9.15 Å². The molecular formula is C15H14N2O3. The monoisotopic (exact) mass is 270 g/mol. The summed E-state index contributed by atoms with van der Waals surface area (Å²) in [4.78, 5) is 16.0. The van der Waals surface area contributed by atoms with E-state index in [0.717, 1.165) is 17.7 Å². The van der Waals surface area contributed by atoms with Gasteiger partial charge in [0, 0.05) is 12.7 Å². The summed E-state index contributed by atoms with van der Waals surface area (Å²) in [6.07, 6.45) is 2.39. The molecular weight excluding hydrogens is 256 g/mol. The van der Waals surface area contributed by atoms with Crippen LogP contribution in [-0.4, -0.2) is 16.7 Å². The highest BCUT2D eigenvalue weighted by atomic mass is 16.5. The summed E-state index contributed by atoms with van der Waals surface area (Å²) >= 11 is 0. The van der Waals surface area contributed by atoms with E-state index in [-0.39, 0.29) is 5.76 Å². The number of ether oxygens (including phenoxy) is 1. The fourth-order valence-electron chi connectivity index (χ4n) is 2.13. The Morgan fingerprint density at radius 1 is 1.25 bits per heavy atom. The van der Waals surface area contributed by atoms with Crippen LogP contribution in [0.5, 0.6) is 5.75 Å². The third kappa shape index (κ3) is 2.30. The van der Waals surface area contributed by atoms with Crippen LogP contribution < -0.4 is 10.5 Å². The summed E-state index contributed by atoms with van der Waals surface area (Å²) < 4.78 is 11.8. The van der Waals surface area contributed by atoms with E-state index in [2.05, 4.69) is 4.98 Å². The third-order valence-electron chi connectivity index (χ3n) is 3.21. The van der Waals surface area contributed by atoms with Gasteiger partial charge in [-0.05, 0) is 36.2 Å². The first-order chi connectivity index (χ1) is 9.78. The Balaban J connectivity index is 1.82. The van der Waals surface area contributed by atoms with Crippen molar-refractivity contribution in [2.45, 2.75) is 13.0 Å². The molecule has 102 valence electrons. The van der Waals surface area contributed by atoms with Crippen LogP contribution in [0.25, 0.3) is 11.2 Å². The molecule has 3 rings (SSSR count). The number of fused-ring (bicyclic) bond motifs is 1. The van der Waals surface area contributed by atoms with E-state index < -0.39 is 0 Å². The molecule has 0 atom stereocenters. The Morgan fingerprint density at radius 2 is 2.05 bits per heavy atom. The van der Waals surface area contributed by atoms with Gasteiger partial charge in [-0.2, -0.15) is 0 Å². The van der Waals surface area contributed by atoms with Crippen molar-refractivity contribution in [3.8, 4) is 5.75 Å². The maximum Gasteiger partial charge on any atom is 0.421 e. The first-order valence-corrected chi connectivity index (χ1v) is 6.35. The molecule has 20 heavy (non-hydrogen) atoms. The lowest BCUT2D eigenvalue weighted by Crippen LogP contribution is -2.16. The highest BCUT2D eigenvalue weighted by molar-refractivity contribution is 5.67. The van der Waals surface area contributed by atoms with Crippen molar-refractivity contribution >= 4 is 11.2 Å². The molecule has 0 aliphatic carbocycles. The molecule has 0 spiro atoms. The van der Waals surface area contributed by atoms with Gasteiger partial charge in [0.2, 0.25) is 0 Å². The lowest BCUT2D eigenvalue weighted by Gasteiger charge is -2.04. The predicted molar refractivity (Wildman–Crippen MR) is 75.0 cm³/mol. The summed E-state index contributed by atoms with van der Waals surface area (Å²) in [5.74, 6) is 0.452. The van der Waals surface area contributed by atoms with Gasteiger partial charge < -0.3 is 9.15 Å². The van der Waals surface area contributed by atoms with E-state index in [9.17, 15) is 4.79 Å². The number of pyridine rings is 1. The molecule has 0 bridgehead atoms. The van der Waals surface area contributed by atoms with Gasteiger partial charge in [0.1, 0.15) is 5.75 Å². The number of rotatable bonds is 4. The van der Waals surface area contributed by atoms with Crippen molar-refractivity contribution in [1.29, 1.82) is 0 Å². The largest absolute Gasteiger partial charge is 0.497 e. The molecule has 3 aromatic rings. The SMILES string of the molecule is COc1ccc(CCn2c(=O)oc3cccnc32)cc1. The van der Waals surface area contributed by atoms with Crippen LogP contribution in [-0.2, 0) is 13.0 Å². The van der Waals surface area contributed by atoms with Crippen molar-refractivity contribution in [3.05, 3.63) is 58.7 Å². The molecule has 0 saturated heterocycles. The van der Waals surface area contributed by atoms with Crippen LogP contribution in [0, 0.1) is 0 Å². The summed E-state index contributed by atoms with van der Waals surface area (Å²) in [7, 11) is 1.64. The van der Waals surface area contributed by atoms with Crippen LogP contribution >= 0.6 is 0 Å². The Labute approximate surface area is 115 Å². The smallest absolute Gasteiger partial charge is 0.421 e. The molecule has 0 N–H and O–H groups in total. The second-order valence-electron chi connectivity index (χ2n) is 4.44. The van der Waals surface area contributed by atoms with Crippen LogP contribution in [0.15, 0.2) is 51.8 Å². The molecule has 1 aromatic carbocycles. The van der Waals surface area contributed by atoms with Crippen LogP contribution in [0.4, 0.5) is 0 Å². The topological polar surface area (TPSA) is 57.3 Å². The minimum Gasteiger partial charge on any atom is -0.497 e. The number of hydrogen-bond acceptors (Lipinski definition) is 4. The van der Waals surface area contributed by atoms with E-state index in [1.165, 1.54) is 0 Å². The van der Waals surface area contributed by atoms with Gasteiger partial charge in [-0.1, -0.05) is 12.1 Å². The highest BCUT2D eigenvalue weighted by Crippen LogP contribution is 2.13. The Morgan fingerprint density at radius 3 is 2.80 bits per heavy atom. The fourth-order valence-corrected chi connectivity index (χ4v) is 2.13. The minimum absolute atomic E-state index is 0.368. The van der Waals surface area contributed by atoms with Crippen molar-refractivity contribution in [3.63, 3.8) is 0 Å². The number of aryl methyl sites for hydroxylation is 2. The van der Waals surface area contributed by atoms with E-state index >= 15 is 0 Å². The van der Waals surface area contributed by atoms with Gasteiger partial charge in [0.05, 0.1) is 7.11 Å². The maximum atomic E-state index is 11.8. The molecule has 0 unspecified atom stereocenters. The van der Waals surface area contributed by atoms with Gasteiger partial charge in [-0.3, -0.25) is 4.57 Å². The molecule has 0 fully saturated rings. The fraction of sp³-hybridized carbons (Fsp3) is 0.200. The van der Waals surface area contributed by atoms with Crippen molar-refractivity contribution in [1.82, 2.24) is 9.55 Å². The Hall–Kier alpha value is -2.56. The number of aromatic nitrogens is 2. The standard InChI is InChI=1S/C15H14N2O3/c1-19-12-6-4-11(5-7-12)8-10-17-14-13(20-15(17)18)3-2-9-16-14/h2-7,9H,8,10H2,1H3. The highest BCUT2D eigenvalue weighted by Gasteiger charge is 2.09. The zero-order chi connectivity index (χ0) is 13.9. The number of benzene rings is 1. The van der Waals surface area contributed by atoms with Crippen LogP contribution in [0.3, 0.4) is 0 Å². The molecule has 0 radical (unpaired) electrons. The molecule has 0 amide bonds. The molecule has 0 aliphatic heterocycles. The zero-order valence-corrected chi connectivity index (χ0v) is 11.1. The lowest BCUT2D eigenvalue weighted by molar-refractivity contribution is 0.414. The summed E-state index contributed by atoms with van der Waals surface area (Å²) in [6, 6.07) is 11.3. The second kappa shape index (κ2) is 5.21. The second-order valence-corrected chi connectivity index (χ2v) is 4.44. The Kier molecular flexibility index (Phi) is 3.25. The van der Waals surface area contributed by atoms with Crippen molar-refractivity contribution in [2.24, 2.45) is 0 Å². The number of hydrogen-bond donors (Lipinski definition) is 0. The summed E-state index contributed by atoms with van der Waals surface area (Å²) in [6.45, 7) is 0.537. The van der Waals surface area contributed by atoms with Gasteiger partial charge in [-0.25, -0.2) is 9.78 Å². The minimum atomic E-state index is -0.368. The summed E-state index contributed by atoms with van der Waals surface area (Å²) in [5.41, 5.74) is 2.24. The summed E-state index contributed by atoms with van der Waals surface area (Å²) in [5, 5.41) is 0. The predicted octanol–water partition coefficient (Wildman–Crippen LogP) is 2.24. The van der Waals surface area contributed by atoms with E-state index in [4.69, 9.17) is 9.15 Å². The van der Waals surface area contributed by atoms with Crippen LogP contribution in [0.1, 0.15) is 5.56 Å². The van der Waals surface area contributed by atoms with Crippen LogP contribution in [0.2, 0.25) is 0 Å². The normalized spacial score (nSPS) is 10.8. The van der Waals surface area contributed by atoms with E-state index in [1.807, 2.05) is 24.3 Å². The van der Waals surface area contributed by atoms with Gasteiger partial charge in [0.25, 0.3) is 0 Å². The van der Waals surface area contributed by atoms with Gasteiger partial charge >= 0.3 is 5.76 Å². The first kappa shape index (κ1) is 12.5. The van der Waals surface area contributed by atoms with Crippen molar-refractivity contribution in [2.75, 3.05) is 7.11 Å². The van der Waals surface area contributed by atoms with Gasteiger partial charge in [-0.15, -0.1) is 0 Å². The molecule has 2 heterocycles. The molecule has 0 saturated carbocycles. The molecule has 5 heteroatoms. The molecule has 0 aliphatic rings. The average molecular weight is 270 g/mol. The van der Waals surface area contributed by atoms with Gasteiger partial charge in [0.15, 0.2) is 11.2 Å². The van der Waals surface area contributed by atoms with E-state index in [1.54, 1.807) is 30.0 Å². The number of nitrogens with zero attached hydrogens (tertiary/aromatic N) is 2. The maximum absolute atomic E-state index is 11.8. The number of oxazole rings is 1. The molecule has 2 aromatic heterocycles. The average Bonchev–Trinajstić information content (AvgIpc) is 2.81. The Bertz CT molecular complexity index is 772. The lowest BCUT2D eigenvalue weighted by atomic mass is 10.1. The number of methoxy groups -OCH3 is 1. The quantitative estimate of drug-likeness (QED) is 0.729. The third-order valence-corrected chi connectivity index (χ3v) is 3.21. The van der Waals surface area contributed by atoms with E-state index in [0.29, 0.717) is 17.8 Å². The molecule has 5 nitrogen and oxygen atoms in total. The zero-order valence-electron chi connectivity index (χ0n) is 11.1. The first-order valence-electron chi connectivity index (χ1n) is 6.35.